The highest BCUT2D eigenvalue weighted by molar-refractivity contribution is 7.83. The second-order valence-corrected chi connectivity index (χ2v) is 23.4. The third kappa shape index (κ3) is 5.23. The lowest BCUT2D eigenvalue weighted by molar-refractivity contribution is 0.417. The standard InChI is InChI=1S/C30H39NO2SSi2/c1-20(2)31-34(32)28-17-11-22-19-24(36(7,8)9)13-15-26(22)30(28)29-25-14-12-23(35(4,5)6)18-21(25)10-16-27(29)33-3/h10-20,31H,1-9H3. The third-order valence-electron chi connectivity index (χ3n) is 6.71. The van der Waals surface area contributed by atoms with Gasteiger partial charge in [0.05, 0.1) is 28.2 Å². The van der Waals surface area contributed by atoms with Gasteiger partial charge in [0.15, 0.2) is 0 Å². The molecule has 36 heavy (non-hydrogen) atoms. The van der Waals surface area contributed by atoms with E-state index >= 15 is 0 Å². The average molecular weight is 534 g/mol. The minimum atomic E-state index is -1.48. The summed E-state index contributed by atoms with van der Waals surface area (Å²) in [6, 6.07) is 22.1. The van der Waals surface area contributed by atoms with Crippen LogP contribution in [-0.2, 0) is 11.0 Å². The second kappa shape index (κ2) is 9.90. The molecule has 0 saturated carbocycles. The van der Waals surface area contributed by atoms with Crippen molar-refractivity contribution >= 4 is 59.1 Å². The number of methoxy groups -OCH3 is 1. The molecule has 0 aromatic heterocycles. The van der Waals surface area contributed by atoms with Crippen molar-refractivity contribution in [2.24, 2.45) is 0 Å². The molecule has 0 saturated heterocycles. The fourth-order valence-electron chi connectivity index (χ4n) is 4.67. The Kier molecular flexibility index (Phi) is 7.37. The van der Waals surface area contributed by atoms with Crippen LogP contribution < -0.4 is 19.8 Å². The number of rotatable bonds is 7. The number of hydrogen-bond donors (Lipinski definition) is 1. The Bertz CT molecular complexity index is 1470. The van der Waals surface area contributed by atoms with Crippen molar-refractivity contribution in [1.82, 2.24) is 4.72 Å². The summed E-state index contributed by atoms with van der Waals surface area (Å²) in [5.74, 6) is 0.799. The van der Waals surface area contributed by atoms with Gasteiger partial charge in [-0.25, -0.2) is 8.93 Å². The van der Waals surface area contributed by atoms with Crippen molar-refractivity contribution in [3.63, 3.8) is 0 Å². The van der Waals surface area contributed by atoms with Crippen LogP contribution in [0.15, 0.2) is 65.6 Å². The zero-order valence-corrected chi connectivity index (χ0v) is 25.9. The van der Waals surface area contributed by atoms with Crippen molar-refractivity contribution in [3.05, 3.63) is 60.7 Å². The van der Waals surface area contributed by atoms with Gasteiger partial charge in [-0.2, -0.15) is 0 Å². The summed E-state index contributed by atoms with van der Waals surface area (Å²) in [6.45, 7) is 18.3. The van der Waals surface area contributed by atoms with Crippen LogP contribution in [0.5, 0.6) is 5.75 Å². The SMILES string of the molecule is COc1ccc2cc([Si](C)(C)C)ccc2c1-c1c(S(=O)NC(C)C)ccc2cc([Si](C)(C)C)ccc12. The lowest BCUT2D eigenvalue weighted by Crippen LogP contribution is -2.37. The van der Waals surface area contributed by atoms with Gasteiger partial charge in [0, 0.05) is 17.2 Å². The van der Waals surface area contributed by atoms with Crippen LogP contribution in [0.1, 0.15) is 13.8 Å². The van der Waals surface area contributed by atoms with Crippen LogP contribution in [0.4, 0.5) is 0 Å². The lowest BCUT2D eigenvalue weighted by atomic mass is 9.93. The Hall–Kier alpha value is -2.26. The maximum atomic E-state index is 13.6. The second-order valence-electron chi connectivity index (χ2n) is 12.0. The largest absolute Gasteiger partial charge is 0.496 e. The normalized spacial score (nSPS) is 13.5. The van der Waals surface area contributed by atoms with Crippen molar-refractivity contribution in [2.45, 2.75) is 64.1 Å². The van der Waals surface area contributed by atoms with Crippen LogP contribution in [0.3, 0.4) is 0 Å². The van der Waals surface area contributed by atoms with E-state index in [1.165, 1.54) is 21.1 Å². The van der Waals surface area contributed by atoms with E-state index in [4.69, 9.17) is 4.74 Å². The number of hydrogen-bond acceptors (Lipinski definition) is 2. The molecule has 0 bridgehead atoms. The van der Waals surface area contributed by atoms with Gasteiger partial charge >= 0.3 is 0 Å². The predicted octanol–water partition coefficient (Wildman–Crippen LogP) is 6.78. The Morgan fingerprint density at radius 1 is 0.722 bits per heavy atom. The van der Waals surface area contributed by atoms with E-state index in [2.05, 4.69) is 98.6 Å². The quantitative estimate of drug-likeness (QED) is 0.266. The summed E-state index contributed by atoms with van der Waals surface area (Å²) < 4.78 is 22.8. The number of nitrogens with one attached hydrogen (secondary N) is 1. The van der Waals surface area contributed by atoms with Crippen LogP contribution >= 0.6 is 0 Å². The lowest BCUT2D eigenvalue weighted by Gasteiger charge is -2.22. The minimum absolute atomic E-state index is 0.0948. The molecule has 6 heteroatoms. The van der Waals surface area contributed by atoms with Crippen LogP contribution in [-0.4, -0.2) is 33.5 Å². The zero-order valence-electron chi connectivity index (χ0n) is 23.1. The Balaban J connectivity index is 2.12. The molecule has 0 aliphatic heterocycles. The van der Waals surface area contributed by atoms with E-state index in [-0.39, 0.29) is 6.04 Å². The molecule has 4 aromatic rings. The van der Waals surface area contributed by atoms with E-state index in [9.17, 15) is 4.21 Å². The molecule has 0 spiro atoms. The molecule has 3 nitrogen and oxygen atoms in total. The summed E-state index contributed by atoms with van der Waals surface area (Å²) >= 11 is 0. The average Bonchev–Trinajstić information content (AvgIpc) is 2.80. The summed E-state index contributed by atoms with van der Waals surface area (Å²) in [6.07, 6.45) is 0. The molecule has 1 N–H and O–H groups in total. The molecule has 1 unspecified atom stereocenters. The van der Waals surface area contributed by atoms with Gasteiger partial charge in [-0.3, -0.25) is 0 Å². The molecular weight excluding hydrogens is 495 g/mol. The molecule has 190 valence electrons. The summed E-state index contributed by atoms with van der Waals surface area (Å²) in [7, 11) is -2.60. The molecule has 0 heterocycles. The fourth-order valence-corrected chi connectivity index (χ4v) is 8.16. The Morgan fingerprint density at radius 2 is 1.22 bits per heavy atom. The molecule has 4 aromatic carbocycles. The van der Waals surface area contributed by atoms with Crippen molar-refractivity contribution in [3.8, 4) is 16.9 Å². The van der Waals surface area contributed by atoms with E-state index in [1.807, 2.05) is 19.9 Å². The molecule has 1 atom stereocenters. The van der Waals surface area contributed by atoms with Gasteiger partial charge < -0.3 is 4.74 Å². The highest BCUT2D eigenvalue weighted by Gasteiger charge is 2.24. The van der Waals surface area contributed by atoms with Gasteiger partial charge in [0.1, 0.15) is 16.7 Å². The Labute approximate surface area is 220 Å². The molecule has 4 rings (SSSR count). The van der Waals surface area contributed by atoms with Crippen LogP contribution in [0, 0.1) is 0 Å². The maximum Gasteiger partial charge on any atom is 0.127 e. The van der Waals surface area contributed by atoms with E-state index in [1.54, 1.807) is 7.11 Å². The highest BCUT2D eigenvalue weighted by Crippen LogP contribution is 2.43. The van der Waals surface area contributed by atoms with Gasteiger partial charge in [-0.05, 0) is 47.5 Å². The minimum Gasteiger partial charge on any atom is -0.496 e. The monoisotopic (exact) mass is 533 g/mol. The first-order valence-corrected chi connectivity index (χ1v) is 20.8. The smallest absolute Gasteiger partial charge is 0.127 e. The molecule has 0 radical (unpaired) electrons. The summed E-state index contributed by atoms with van der Waals surface area (Å²) in [4.78, 5) is 0.789. The van der Waals surface area contributed by atoms with Gasteiger partial charge in [0.2, 0.25) is 0 Å². The number of benzene rings is 4. The third-order valence-corrected chi connectivity index (χ3v) is 12.2. The molecule has 0 aliphatic carbocycles. The van der Waals surface area contributed by atoms with Gasteiger partial charge in [-0.15, -0.1) is 0 Å². The molecular formula is C30H39NO2SSi2. The van der Waals surface area contributed by atoms with Crippen molar-refractivity contribution in [2.75, 3.05) is 7.11 Å². The fraction of sp³-hybridized carbons (Fsp3) is 0.333. The molecule has 0 fully saturated rings. The summed E-state index contributed by atoms with van der Waals surface area (Å²) in [5.41, 5.74) is 2.00. The van der Waals surface area contributed by atoms with Gasteiger partial charge in [-0.1, -0.05) is 98.2 Å². The first kappa shape index (κ1) is 26.8. The van der Waals surface area contributed by atoms with E-state index in [0.717, 1.165) is 32.5 Å². The van der Waals surface area contributed by atoms with Crippen molar-refractivity contribution < 1.29 is 8.95 Å². The Morgan fingerprint density at radius 3 is 1.69 bits per heavy atom. The van der Waals surface area contributed by atoms with E-state index in [0.29, 0.717) is 0 Å². The number of ether oxygens (including phenoxy) is 1. The van der Waals surface area contributed by atoms with Crippen molar-refractivity contribution in [1.29, 1.82) is 0 Å². The van der Waals surface area contributed by atoms with E-state index < -0.39 is 27.1 Å². The highest BCUT2D eigenvalue weighted by atomic mass is 32.2. The van der Waals surface area contributed by atoms with Crippen LogP contribution in [0.2, 0.25) is 39.3 Å². The maximum absolute atomic E-state index is 13.6. The molecule has 0 aliphatic rings. The first-order valence-electron chi connectivity index (χ1n) is 12.7. The van der Waals surface area contributed by atoms with Crippen LogP contribution in [0.25, 0.3) is 32.7 Å². The zero-order chi connectivity index (χ0) is 26.4. The predicted molar refractivity (Wildman–Crippen MR) is 164 cm³/mol. The molecule has 0 amide bonds. The topological polar surface area (TPSA) is 38.3 Å². The summed E-state index contributed by atoms with van der Waals surface area (Å²) in [5, 5.41) is 7.44. The van der Waals surface area contributed by atoms with Gasteiger partial charge in [0.25, 0.3) is 0 Å². The number of fused-ring (bicyclic) bond motifs is 2. The first-order chi connectivity index (χ1) is 16.8.